The van der Waals surface area contributed by atoms with Gasteiger partial charge in [-0.15, -0.1) is 0 Å². The largest absolute Gasteiger partial charge is 0.409 e. The maximum absolute atomic E-state index is 14.3. The van der Waals surface area contributed by atoms with Gasteiger partial charge in [-0.1, -0.05) is 29.3 Å². The number of nitrogens with one attached hydrogen (secondary N) is 1. The fourth-order valence-electron chi connectivity index (χ4n) is 4.00. The highest BCUT2D eigenvalue weighted by atomic mass is 35.5. The molecule has 0 aliphatic carbocycles. The number of benzene rings is 2. The number of likely N-dealkylation sites (N-methyl/N-ethyl adjacent to an activating group) is 1. The third-order valence-electron chi connectivity index (χ3n) is 5.85. The van der Waals surface area contributed by atoms with Crippen molar-refractivity contribution < 1.29 is 27.6 Å². The van der Waals surface area contributed by atoms with Crippen molar-refractivity contribution in [3.63, 3.8) is 0 Å². The van der Waals surface area contributed by atoms with Crippen LogP contribution in [0.4, 0.5) is 13.2 Å². The second-order valence-electron chi connectivity index (χ2n) is 8.17. The molecule has 0 aromatic heterocycles. The fraction of sp³-hybridized carbons (Fsp3) is 0.348. The van der Waals surface area contributed by atoms with Gasteiger partial charge in [-0.3, -0.25) is 14.4 Å². The first kappa shape index (κ1) is 25.8. The predicted molar refractivity (Wildman–Crippen MR) is 129 cm³/mol. The third kappa shape index (κ3) is 4.89. The first-order valence-corrected chi connectivity index (χ1v) is 12.1. The molecule has 2 atom stereocenters. The van der Waals surface area contributed by atoms with Crippen molar-refractivity contribution >= 4 is 52.7 Å². The number of hydrogen-bond acceptors (Lipinski definition) is 5. The molecule has 186 valence electrons. The number of amides is 2. The molecule has 0 radical (unpaired) electrons. The maximum atomic E-state index is 14.3. The summed E-state index contributed by atoms with van der Waals surface area (Å²) in [5, 5.41) is 4.02. The number of rotatable bonds is 5. The average Bonchev–Trinajstić information content (AvgIpc) is 3.38. The smallest absolute Gasteiger partial charge is 0.338 e. The Bertz CT molecular complexity index is 1200. The second-order valence-corrected chi connectivity index (χ2v) is 10.1. The highest BCUT2D eigenvalue weighted by Crippen LogP contribution is 2.57. The van der Waals surface area contributed by atoms with Crippen molar-refractivity contribution in [3.8, 4) is 0 Å². The monoisotopic (exact) mass is 545 g/mol. The Balaban J connectivity index is 1.56. The Morgan fingerprint density at radius 2 is 1.94 bits per heavy atom. The zero-order chi connectivity index (χ0) is 25.5. The summed E-state index contributed by atoms with van der Waals surface area (Å²) in [5.74, 6) is -0.813. The van der Waals surface area contributed by atoms with Crippen LogP contribution in [-0.4, -0.2) is 48.0 Å². The van der Waals surface area contributed by atoms with Crippen LogP contribution >= 0.6 is 35.1 Å². The van der Waals surface area contributed by atoms with E-state index < -0.39 is 29.3 Å². The number of alkyl halides is 3. The summed E-state index contributed by atoms with van der Waals surface area (Å²) < 4.78 is 44.7. The topological polar surface area (TPSA) is 71.0 Å². The van der Waals surface area contributed by atoms with Gasteiger partial charge in [-0.2, -0.15) is 13.2 Å². The van der Waals surface area contributed by atoms with Gasteiger partial charge in [0.15, 0.2) is 4.75 Å². The van der Waals surface area contributed by atoms with Crippen LogP contribution in [0.3, 0.4) is 0 Å². The number of aryl methyl sites for hydroxylation is 1. The van der Waals surface area contributed by atoms with Gasteiger partial charge in [-0.05, 0) is 72.8 Å². The molecule has 1 unspecified atom stereocenters. The second kappa shape index (κ2) is 9.65. The minimum absolute atomic E-state index is 0.0383. The van der Waals surface area contributed by atoms with Crippen LogP contribution < -0.4 is 5.32 Å². The molecule has 2 amide bonds. The summed E-state index contributed by atoms with van der Waals surface area (Å²) >= 11 is 12.4. The normalized spacial score (nSPS) is 22.5. The van der Waals surface area contributed by atoms with Gasteiger partial charge in [0, 0.05) is 28.6 Å². The van der Waals surface area contributed by atoms with E-state index in [0.717, 1.165) is 0 Å². The van der Waals surface area contributed by atoms with Crippen LogP contribution in [0.15, 0.2) is 40.8 Å². The van der Waals surface area contributed by atoms with Crippen molar-refractivity contribution in [1.29, 1.82) is 0 Å². The third-order valence-corrected chi connectivity index (χ3v) is 7.52. The summed E-state index contributed by atoms with van der Waals surface area (Å²) in [6.07, 6.45) is -5.06. The lowest BCUT2D eigenvalue weighted by Crippen LogP contribution is -2.42. The van der Waals surface area contributed by atoms with Crippen molar-refractivity contribution in [1.82, 2.24) is 10.4 Å². The molecular formula is C23H20Cl2F3N3O3S. The van der Waals surface area contributed by atoms with Crippen LogP contribution in [0.25, 0.3) is 0 Å². The van der Waals surface area contributed by atoms with Gasteiger partial charge in [0.1, 0.15) is 12.6 Å². The summed E-state index contributed by atoms with van der Waals surface area (Å²) in [5.41, 5.74) is 1.44. The van der Waals surface area contributed by atoms with Gasteiger partial charge in [0.2, 0.25) is 0 Å². The van der Waals surface area contributed by atoms with Crippen molar-refractivity contribution in [2.45, 2.75) is 37.2 Å². The van der Waals surface area contributed by atoms with E-state index in [1.807, 2.05) is 0 Å². The van der Waals surface area contributed by atoms with Crippen molar-refractivity contribution in [2.24, 2.45) is 4.40 Å². The van der Waals surface area contributed by atoms with E-state index in [4.69, 9.17) is 28.0 Å². The Morgan fingerprint density at radius 3 is 2.51 bits per heavy atom. The van der Waals surface area contributed by atoms with Crippen LogP contribution in [0.2, 0.25) is 10.0 Å². The lowest BCUT2D eigenvalue weighted by atomic mass is 9.89. The highest BCUT2D eigenvalue weighted by molar-refractivity contribution is 7.99. The number of hydroxylamine groups is 2. The zero-order valence-corrected chi connectivity index (χ0v) is 20.9. The van der Waals surface area contributed by atoms with Gasteiger partial charge in [0.05, 0.1) is 5.71 Å². The van der Waals surface area contributed by atoms with E-state index in [-0.39, 0.29) is 33.8 Å². The lowest BCUT2D eigenvalue weighted by molar-refractivity contribution is -0.160. The van der Waals surface area contributed by atoms with E-state index >= 15 is 0 Å². The molecule has 4 rings (SSSR count). The molecule has 0 bridgehead atoms. The molecule has 6 nitrogen and oxygen atoms in total. The molecule has 2 aliphatic heterocycles. The average molecular weight is 546 g/mol. The van der Waals surface area contributed by atoms with Crippen LogP contribution in [0.1, 0.15) is 40.4 Å². The number of carbonyl (C=O) groups is 2. The van der Waals surface area contributed by atoms with Gasteiger partial charge in [-0.25, -0.2) is 9.46 Å². The standard InChI is InChI=1S/C23H20Cl2F3N3O3S/c1-3-31-21(33)19(11-34-31)29-20(32)17-5-4-13(6-12(17)2)18-10-22(35-30-18,23(26,27)28)14-7-15(24)9-16(25)8-14/h4-9,19H,3,10-11H2,1-2H3,(H,29,32)/t19-,22?/m1/s1. The molecule has 1 N–H and O–H groups in total. The number of carbonyl (C=O) groups excluding carboxylic acids is 2. The Hall–Kier alpha value is -2.27. The van der Waals surface area contributed by atoms with Crippen LogP contribution in [0.5, 0.6) is 0 Å². The van der Waals surface area contributed by atoms with Gasteiger partial charge < -0.3 is 5.32 Å². The molecular weight excluding hydrogens is 526 g/mol. The molecule has 2 aliphatic rings. The van der Waals surface area contributed by atoms with Gasteiger partial charge in [0.25, 0.3) is 11.8 Å². The van der Waals surface area contributed by atoms with E-state index in [0.29, 0.717) is 35.2 Å². The van der Waals surface area contributed by atoms with E-state index in [2.05, 4.69) is 9.71 Å². The molecule has 0 saturated carbocycles. The Morgan fingerprint density at radius 1 is 1.26 bits per heavy atom. The molecule has 1 fully saturated rings. The van der Waals surface area contributed by atoms with E-state index in [1.54, 1.807) is 26.0 Å². The predicted octanol–water partition coefficient (Wildman–Crippen LogP) is 5.49. The van der Waals surface area contributed by atoms with E-state index in [9.17, 15) is 22.8 Å². The minimum Gasteiger partial charge on any atom is -0.338 e. The molecule has 2 heterocycles. The molecule has 35 heavy (non-hydrogen) atoms. The quantitative estimate of drug-likeness (QED) is 0.504. The van der Waals surface area contributed by atoms with Crippen molar-refractivity contribution in [2.75, 3.05) is 13.2 Å². The first-order chi connectivity index (χ1) is 16.4. The van der Waals surface area contributed by atoms with Crippen LogP contribution in [0, 0.1) is 6.92 Å². The molecule has 0 spiro atoms. The van der Waals surface area contributed by atoms with E-state index in [1.165, 1.54) is 29.3 Å². The number of halogens is 5. The summed E-state index contributed by atoms with van der Waals surface area (Å²) in [6.45, 7) is 3.82. The lowest BCUT2D eigenvalue weighted by Gasteiger charge is -2.30. The molecule has 1 saturated heterocycles. The summed E-state index contributed by atoms with van der Waals surface area (Å²) in [7, 11) is 0. The summed E-state index contributed by atoms with van der Waals surface area (Å²) in [4.78, 5) is 30.1. The van der Waals surface area contributed by atoms with Gasteiger partial charge >= 0.3 is 6.18 Å². The molecule has 2 aromatic carbocycles. The minimum atomic E-state index is -4.63. The fourth-order valence-corrected chi connectivity index (χ4v) is 5.49. The van der Waals surface area contributed by atoms with Crippen molar-refractivity contribution in [3.05, 3.63) is 68.7 Å². The zero-order valence-electron chi connectivity index (χ0n) is 18.6. The Kier molecular flexibility index (Phi) is 7.11. The molecule has 12 heteroatoms. The molecule has 2 aromatic rings. The SMILES string of the molecule is CCN1OC[C@@H](NC(=O)c2ccc(C3=NSC(c4cc(Cl)cc(Cl)c4)(C(F)(F)F)C3)cc2C)C1=O. The maximum Gasteiger partial charge on any atom is 0.409 e. The summed E-state index contributed by atoms with van der Waals surface area (Å²) in [6, 6.07) is 7.73. The van der Waals surface area contributed by atoms with Crippen LogP contribution in [-0.2, 0) is 14.4 Å². The first-order valence-electron chi connectivity index (χ1n) is 10.6. The number of nitrogens with zero attached hydrogens (tertiary/aromatic N) is 2. The number of hydrogen-bond donors (Lipinski definition) is 1. The highest BCUT2D eigenvalue weighted by Gasteiger charge is 2.60. The Labute approximate surface area is 213 Å².